The molecule has 1 aliphatic rings. The molecule has 2 N–H and O–H groups in total. The molecule has 0 radical (unpaired) electrons. The van der Waals surface area contributed by atoms with Gasteiger partial charge in [0.15, 0.2) is 0 Å². The maximum atomic E-state index is 13.1. The van der Waals surface area contributed by atoms with E-state index in [1.54, 1.807) is 7.05 Å². The number of aromatic carboxylic acids is 1. The van der Waals surface area contributed by atoms with Gasteiger partial charge in [0.05, 0.1) is 17.8 Å². The zero-order valence-electron chi connectivity index (χ0n) is 10.5. The molecule has 1 saturated carbocycles. The van der Waals surface area contributed by atoms with Gasteiger partial charge in [-0.15, -0.1) is 0 Å². The standard InChI is InChI=1S/C13H15FN2O3/c1-16(7-12(17)15-9-3-4-9)11-5-2-8(14)6-10(11)13(18)19/h2,5-6,9H,3-4,7H2,1H3,(H,15,17)(H,18,19). The maximum absolute atomic E-state index is 13.1. The van der Waals surface area contributed by atoms with E-state index in [0.29, 0.717) is 5.69 Å². The van der Waals surface area contributed by atoms with Crippen LogP contribution in [0.1, 0.15) is 23.2 Å². The highest BCUT2D eigenvalue weighted by Crippen LogP contribution is 2.21. The van der Waals surface area contributed by atoms with Gasteiger partial charge in [0, 0.05) is 13.1 Å². The number of benzene rings is 1. The van der Waals surface area contributed by atoms with Gasteiger partial charge in [0.2, 0.25) is 5.91 Å². The summed E-state index contributed by atoms with van der Waals surface area (Å²) in [5.74, 6) is -1.99. The predicted octanol–water partition coefficient (Wildman–Crippen LogP) is 1.24. The van der Waals surface area contributed by atoms with Crippen LogP contribution >= 0.6 is 0 Å². The number of hydrogen-bond acceptors (Lipinski definition) is 3. The van der Waals surface area contributed by atoms with Crippen LogP contribution in [0.15, 0.2) is 18.2 Å². The number of carbonyl (C=O) groups is 2. The molecule has 0 spiro atoms. The van der Waals surface area contributed by atoms with Crippen LogP contribution in [0, 0.1) is 5.82 Å². The van der Waals surface area contributed by atoms with Crippen molar-refractivity contribution in [1.82, 2.24) is 5.32 Å². The summed E-state index contributed by atoms with van der Waals surface area (Å²) in [5, 5.41) is 11.8. The van der Waals surface area contributed by atoms with Crippen molar-refractivity contribution in [2.45, 2.75) is 18.9 Å². The molecular formula is C13H15FN2O3. The molecule has 19 heavy (non-hydrogen) atoms. The molecule has 0 unspecified atom stereocenters. The number of nitrogens with zero attached hydrogens (tertiary/aromatic N) is 1. The number of rotatable bonds is 5. The lowest BCUT2D eigenvalue weighted by Crippen LogP contribution is -2.36. The number of carboxylic acids is 1. The highest BCUT2D eigenvalue weighted by atomic mass is 19.1. The van der Waals surface area contributed by atoms with Gasteiger partial charge >= 0.3 is 5.97 Å². The molecular weight excluding hydrogens is 251 g/mol. The zero-order chi connectivity index (χ0) is 14.0. The summed E-state index contributed by atoms with van der Waals surface area (Å²) in [6, 6.07) is 3.75. The minimum atomic E-state index is -1.22. The number of hydrogen-bond donors (Lipinski definition) is 2. The van der Waals surface area contributed by atoms with Crippen LogP contribution in [0.2, 0.25) is 0 Å². The summed E-state index contributed by atoms with van der Waals surface area (Å²) in [6.07, 6.45) is 1.98. The number of nitrogens with one attached hydrogen (secondary N) is 1. The van der Waals surface area contributed by atoms with Crippen molar-refractivity contribution in [2.75, 3.05) is 18.5 Å². The second-order valence-corrected chi connectivity index (χ2v) is 4.66. The Labute approximate surface area is 110 Å². The van der Waals surface area contributed by atoms with Gasteiger partial charge < -0.3 is 15.3 Å². The van der Waals surface area contributed by atoms with Gasteiger partial charge in [-0.3, -0.25) is 4.79 Å². The number of carbonyl (C=O) groups excluding carboxylic acids is 1. The van der Waals surface area contributed by atoms with Crippen molar-refractivity contribution in [1.29, 1.82) is 0 Å². The smallest absolute Gasteiger partial charge is 0.337 e. The van der Waals surface area contributed by atoms with Crippen molar-refractivity contribution >= 4 is 17.6 Å². The van der Waals surface area contributed by atoms with Crippen molar-refractivity contribution in [3.63, 3.8) is 0 Å². The molecule has 1 aromatic rings. The van der Waals surface area contributed by atoms with Crippen LogP contribution in [-0.2, 0) is 4.79 Å². The molecule has 1 fully saturated rings. The van der Waals surface area contributed by atoms with E-state index < -0.39 is 11.8 Å². The van der Waals surface area contributed by atoms with Gasteiger partial charge in [-0.2, -0.15) is 0 Å². The summed E-state index contributed by atoms with van der Waals surface area (Å²) in [6.45, 7) is 0.0441. The first-order valence-electron chi connectivity index (χ1n) is 6.00. The predicted molar refractivity (Wildman–Crippen MR) is 67.8 cm³/mol. The molecule has 1 aliphatic carbocycles. The maximum Gasteiger partial charge on any atom is 0.337 e. The van der Waals surface area contributed by atoms with E-state index in [2.05, 4.69) is 5.32 Å². The molecule has 5 nitrogen and oxygen atoms in total. The minimum absolute atomic E-state index is 0.0441. The Bertz CT molecular complexity index is 515. The van der Waals surface area contributed by atoms with Crippen molar-refractivity contribution < 1.29 is 19.1 Å². The molecule has 2 rings (SSSR count). The lowest BCUT2D eigenvalue weighted by atomic mass is 10.1. The van der Waals surface area contributed by atoms with Crippen LogP contribution in [0.5, 0.6) is 0 Å². The highest BCUT2D eigenvalue weighted by molar-refractivity contribution is 5.95. The Morgan fingerprint density at radius 1 is 1.47 bits per heavy atom. The molecule has 102 valence electrons. The lowest BCUT2D eigenvalue weighted by molar-refractivity contribution is -0.119. The number of amides is 1. The molecule has 1 amide bonds. The fraction of sp³-hybridized carbons (Fsp3) is 0.385. The van der Waals surface area contributed by atoms with Crippen LogP contribution in [0.25, 0.3) is 0 Å². The van der Waals surface area contributed by atoms with Gasteiger partial charge in [-0.25, -0.2) is 9.18 Å². The van der Waals surface area contributed by atoms with Crippen molar-refractivity contribution in [2.24, 2.45) is 0 Å². The Kier molecular flexibility index (Phi) is 3.69. The third-order valence-corrected chi connectivity index (χ3v) is 2.92. The highest BCUT2D eigenvalue weighted by Gasteiger charge is 2.24. The van der Waals surface area contributed by atoms with E-state index in [-0.39, 0.29) is 24.1 Å². The SMILES string of the molecule is CN(CC(=O)NC1CC1)c1ccc(F)cc1C(=O)O. The first-order valence-corrected chi connectivity index (χ1v) is 6.00. The Balaban J connectivity index is 2.10. The largest absolute Gasteiger partial charge is 0.478 e. The Hall–Kier alpha value is -2.11. The lowest BCUT2D eigenvalue weighted by Gasteiger charge is -2.20. The topological polar surface area (TPSA) is 69.6 Å². The first-order chi connectivity index (χ1) is 8.97. The van der Waals surface area contributed by atoms with E-state index in [1.165, 1.54) is 17.0 Å². The monoisotopic (exact) mass is 266 g/mol. The van der Waals surface area contributed by atoms with Crippen LogP contribution in [0.4, 0.5) is 10.1 Å². The molecule has 6 heteroatoms. The normalized spacial score (nSPS) is 14.0. The average molecular weight is 266 g/mol. The summed E-state index contributed by atoms with van der Waals surface area (Å²) in [4.78, 5) is 24.2. The molecule has 0 bridgehead atoms. The van der Waals surface area contributed by atoms with Crippen LogP contribution in [0.3, 0.4) is 0 Å². The van der Waals surface area contributed by atoms with E-state index in [9.17, 15) is 14.0 Å². The fourth-order valence-electron chi connectivity index (χ4n) is 1.81. The second-order valence-electron chi connectivity index (χ2n) is 4.66. The van der Waals surface area contributed by atoms with Crippen LogP contribution in [-0.4, -0.2) is 36.6 Å². The van der Waals surface area contributed by atoms with Crippen molar-refractivity contribution in [3.05, 3.63) is 29.6 Å². The molecule has 1 aromatic carbocycles. The quantitative estimate of drug-likeness (QED) is 0.841. The minimum Gasteiger partial charge on any atom is -0.478 e. The molecule has 0 atom stereocenters. The number of halogens is 1. The summed E-state index contributed by atoms with van der Waals surface area (Å²) >= 11 is 0. The van der Waals surface area contributed by atoms with Gasteiger partial charge in [0.25, 0.3) is 0 Å². The van der Waals surface area contributed by atoms with Gasteiger partial charge in [-0.1, -0.05) is 0 Å². The average Bonchev–Trinajstić information content (AvgIpc) is 3.12. The molecule has 0 aliphatic heterocycles. The molecule has 0 heterocycles. The number of anilines is 1. The number of likely N-dealkylation sites (N-methyl/N-ethyl adjacent to an activating group) is 1. The van der Waals surface area contributed by atoms with E-state index >= 15 is 0 Å². The summed E-state index contributed by atoms with van der Waals surface area (Å²) < 4.78 is 13.1. The van der Waals surface area contributed by atoms with Crippen LogP contribution < -0.4 is 10.2 Å². The van der Waals surface area contributed by atoms with E-state index in [4.69, 9.17) is 5.11 Å². The summed E-state index contributed by atoms with van der Waals surface area (Å²) in [5.41, 5.74) is 0.168. The van der Waals surface area contributed by atoms with E-state index in [1.807, 2.05) is 0 Å². The third-order valence-electron chi connectivity index (χ3n) is 2.92. The first kappa shape index (κ1) is 13.3. The third kappa shape index (κ3) is 3.43. The molecule has 0 aromatic heterocycles. The fourth-order valence-corrected chi connectivity index (χ4v) is 1.81. The van der Waals surface area contributed by atoms with Gasteiger partial charge in [-0.05, 0) is 31.0 Å². The van der Waals surface area contributed by atoms with Gasteiger partial charge in [0.1, 0.15) is 5.82 Å². The second kappa shape index (κ2) is 5.26. The Morgan fingerprint density at radius 2 is 2.16 bits per heavy atom. The summed E-state index contributed by atoms with van der Waals surface area (Å²) in [7, 11) is 1.60. The Morgan fingerprint density at radius 3 is 2.74 bits per heavy atom. The zero-order valence-corrected chi connectivity index (χ0v) is 10.5. The van der Waals surface area contributed by atoms with Crippen molar-refractivity contribution in [3.8, 4) is 0 Å². The number of carboxylic acid groups (broad SMARTS) is 1. The van der Waals surface area contributed by atoms with E-state index in [0.717, 1.165) is 18.9 Å². The molecule has 0 saturated heterocycles.